The summed E-state index contributed by atoms with van der Waals surface area (Å²) in [5, 5.41) is 12.7. The lowest BCUT2D eigenvalue weighted by Crippen LogP contribution is -2.57. The minimum atomic E-state index is -0.615. The number of piperidine rings is 1. The number of carbonyl (C=O) groups is 2. The quantitative estimate of drug-likeness (QED) is 0.740. The summed E-state index contributed by atoms with van der Waals surface area (Å²) in [4.78, 5) is 27.6. The third kappa shape index (κ3) is 5.67. The Morgan fingerprint density at radius 1 is 1.37 bits per heavy atom. The van der Waals surface area contributed by atoms with Crippen molar-refractivity contribution in [3.63, 3.8) is 0 Å². The SMILES string of the molecule is CC[C@H](C)[C@H](NC(=O)OC(C)(C)C)C(=O)N1CC[C@@](C)(c2cccc(O)c2)[C@@H](C)C1. The van der Waals surface area contributed by atoms with E-state index < -0.39 is 17.7 Å². The van der Waals surface area contributed by atoms with Gasteiger partial charge < -0.3 is 20.1 Å². The van der Waals surface area contributed by atoms with Crippen molar-refractivity contribution in [1.82, 2.24) is 10.2 Å². The van der Waals surface area contributed by atoms with Gasteiger partial charge >= 0.3 is 6.09 Å². The lowest BCUT2D eigenvalue weighted by Gasteiger charge is -2.46. The third-order valence-corrected chi connectivity index (χ3v) is 6.45. The molecule has 1 aromatic rings. The molecule has 30 heavy (non-hydrogen) atoms. The Bertz CT molecular complexity index is 758. The Hall–Kier alpha value is -2.24. The van der Waals surface area contributed by atoms with E-state index in [0.717, 1.165) is 18.4 Å². The van der Waals surface area contributed by atoms with Gasteiger partial charge in [0, 0.05) is 13.1 Å². The van der Waals surface area contributed by atoms with Crippen LogP contribution in [0.3, 0.4) is 0 Å². The van der Waals surface area contributed by atoms with Gasteiger partial charge in [-0.05, 0) is 62.1 Å². The fraction of sp³-hybridized carbons (Fsp3) is 0.667. The Morgan fingerprint density at radius 3 is 2.57 bits per heavy atom. The first-order chi connectivity index (χ1) is 13.9. The summed E-state index contributed by atoms with van der Waals surface area (Å²) in [6.45, 7) is 15.0. The van der Waals surface area contributed by atoms with Crippen LogP contribution in [0.5, 0.6) is 5.75 Å². The van der Waals surface area contributed by atoms with Gasteiger partial charge in [-0.15, -0.1) is 0 Å². The van der Waals surface area contributed by atoms with Crippen molar-refractivity contribution < 1.29 is 19.4 Å². The average molecular weight is 419 g/mol. The minimum absolute atomic E-state index is 0.000273. The largest absolute Gasteiger partial charge is 0.508 e. The molecule has 4 atom stereocenters. The standard InChI is InChI=1S/C24H38N2O4/c1-8-16(2)20(25-22(29)30-23(4,5)6)21(28)26-13-12-24(7,17(3)15-26)18-10-9-11-19(27)14-18/h9-11,14,16-17,20,27H,8,12-13,15H2,1-7H3,(H,25,29)/t16-,17-,20-,24+/m0/s1. The Labute approximate surface area is 181 Å². The van der Waals surface area contributed by atoms with Gasteiger partial charge in [0.1, 0.15) is 17.4 Å². The van der Waals surface area contributed by atoms with Crippen LogP contribution in [0.4, 0.5) is 4.79 Å². The second-order valence-electron chi connectivity index (χ2n) is 9.91. The van der Waals surface area contributed by atoms with Crippen molar-refractivity contribution in [3.8, 4) is 5.75 Å². The highest BCUT2D eigenvalue weighted by Gasteiger charge is 2.41. The summed E-state index contributed by atoms with van der Waals surface area (Å²) in [6.07, 6.45) is 1.01. The van der Waals surface area contributed by atoms with Crippen molar-refractivity contribution in [2.24, 2.45) is 11.8 Å². The number of hydrogen-bond acceptors (Lipinski definition) is 4. The molecule has 168 valence electrons. The third-order valence-electron chi connectivity index (χ3n) is 6.45. The molecule has 1 fully saturated rings. The molecule has 0 aromatic heterocycles. The number of hydrogen-bond donors (Lipinski definition) is 2. The number of carbonyl (C=O) groups excluding carboxylic acids is 2. The lowest BCUT2D eigenvalue weighted by atomic mass is 9.68. The van der Waals surface area contributed by atoms with Crippen molar-refractivity contribution >= 4 is 12.0 Å². The molecule has 6 heteroatoms. The zero-order chi connectivity index (χ0) is 22.7. The number of nitrogens with one attached hydrogen (secondary N) is 1. The van der Waals surface area contributed by atoms with Crippen LogP contribution in [-0.2, 0) is 14.9 Å². The van der Waals surface area contributed by atoms with Crippen molar-refractivity contribution in [3.05, 3.63) is 29.8 Å². The van der Waals surface area contributed by atoms with Crippen LogP contribution in [0, 0.1) is 11.8 Å². The first kappa shape index (κ1) is 24.0. The lowest BCUT2D eigenvalue weighted by molar-refractivity contribution is -0.137. The Balaban J connectivity index is 2.14. The molecule has 1 aromatic carbocycles. The summed E-state index contributed by atoms with van der Waals surface area (Å²) < 4.78 is 5.38. The molecular formula is C24H38N2O4. The summed E-state index contributed by atoms with van der Waals surface area (Å²) in [5.74, 6) is 0.411. The van der Waals surface area contributed by atoms with Crippen LogP contribution < -0.4 is 5.32 Å². The van der Waals surface area contributed by atoms with E-state index in [4.69, 9.17) is 4.74 Å². The number of nitrogens with zero attached hydrogens (tertiary/aromatic N) is 1. The molecular weight excluding hydrogens is 380 g/mol. The molecule has 0 unspecified atom stereocenters. The maximum atomic E-state index is 13.4. The molecule has 1 aliphatic rings. The second-order valence-corrected chi connectivity index (χ2v) is 9.91. The van der Waals surface area contributed by atoms with Crippen LogP contribution in [0.15, 0.2) is 24.3 Å². The highest BCUT2D eigenvalue weighted by atomic mass is 16.6. The summed E-state index contributed by atoms with van der Waals surface area (Å²) in [7, 11) is 0. The van der Waals surface area contributed by atoms with Crippen LogP contribution in [0.1, 0.15) is 66.9 Å². The molecule has 0 bridgehead atoms. The van der Waals surface area contributed by atoms with E-state index in [-0.39, 0.29) is 28.9 Å². The van der Waals surface area contributed by atoms with Crippen molar-refractivity contribution in [1.29, 1.82) is 0 Å². The van der Waals surface area contributed by atoms with E-state index in [9.17, 15) is 14.7 Å². The molecule has 0 aliphatic carbocycles. The summed E-state index contributed by atoms with van der Waals surface area (Å²) in [5.41, 5.74) is 0.350. The molecule has 1 saturated heterocycles. The van der Waals surface area contributed by atoms with Gasteiger partial charge in [0.15, 0.2) is 0 Å². The topological polar surface area (TPSA) is 78.9 Å². The predicted octanol–water partition coefficient (Wildman–Crippen LogP) is 4.46. The Morgan fingerprint density at radius 2 is 2.03 bits per heavy atom. The number of ether oxygens (including phenoxy) is 1. The number of phenols is 1. The van der Waals surface area contributed by atoms with Gasteiger partial charge in [0.25, 0.3) is 0 Å². The first-order valence-corrected chi connectivity index (χ1v) is 10.9. The summed E-state index contributed by atoms with van der Waals surface area (Å²) in [6, 6.07) is 6.79. The van der Waals surface area contributed by atoms with Crippen LogP contribution in [0.2, 0.25) is 0 Å². The zero-order valence-corrected chi connectivity index (χ0v) is 19.5. The van der Waals surface area contributed by atoms with Crippen LogP contribution >= 0.6 is 0 Å². The van der Waals surface area contributed by atoms with E-state index in [2.05, 4.69) is 19.2 Å². The molecule has 1 heterocycles. The van der Waals surface area contributed by atoms with Crippen molar-refractivity contribution in [2.75, 3.05) is 13.1 Å². The van der Waals surface area contributed by atoms with E-state index in [0.29, 0.717) is 13.1 Å². The molecule has 2 N–H and O–H groups in total. The molecule has 6 nitrogen and oxygen atoms in total. The number of phenolic OH excluding ortho intramolecular Hbond substituents is 1. The summed E-state index contributed by atoms with van der Waals surface area (Å²) >= 11 is 0. The molecule has 2 rings (SSSR count). The number of benzene rings is 1. The minimum Gasteiger partial charge on any atom is -0.508 e. The Kier molecular flexibility index (Phi) is 7.43. The normalized spacial score (nSPS) is 24.1. The monoisotopic (exact) mass is 418 g/mol. The average Bonchev–Trinajstić information content (AvgIpc) is 2.65. The van der Waals surface area contributed by atoms with Gasteiger partial charge in [-0.2, -0.15) is 0 Å². The van der Waals surface area contributed by atoms with Gasteiger partial charge in [-0.25, -0.2) is 4.79 Å². The van der Waals surface area contributed by atoms with E-state index >= 15 is 0 Å². The van der Waals surface area contributed by atoms with Gasteiger partial charge in [0.05, 0.1) is 0 Å². The second kappa shape index (κ2) is 9.27. The van der Waals surface area contributed by atoms with E-state index in [1.807, 2.05) is 36.9 Å². The highest BCUT2D eigenvalue weighted by Crippen LogP contribution is 2.40. The maximum Gasteiger partial charge on any atom is 0.408 e. The van der Waals surface area contributed by atoms with Gasteiger partial charge in [-0.1, -0.05) is 46.2 Å². The molecule has 0 spiro atoms. The number of amides is 2. The fourth-order valence-corrected chi connectivity index (χ4v) is 4.04. The number of aromatic hydroxyl groups is 1. The molecule has 0 radical (unpaired) electrons. The number of likely N-dealkylation sites (tertiary alicyclic amines) is 1. The van der Waals surface area contributed by atoms with E-state index in [1.165, 1.54) is 0 Å². The molecule has 0 saturated carbocycles. The zero-order valence-electron chi connectivity index (χ0n) is 19.5. The maximum absolute atomic E-state index is 13.4. The molecule has 2 amide bonds. The predicted molar refractivity (Wildman–Crippen MR) is 118 cm³/mol. The highest BCUT2D eigenvalue weighted by molar-refractivity contribution is 5.86. The molecule has 1 aliphatic heterocycles. The first-order valence-electron chi connectivity index (χ1n) is 10.9. The fourth-order valence-electron chi connectivity index (χ4n) is 4.04. The number of rotatable bonds is 5. The van der Waals surface area contributed by atoms with Crippen LogP contribution in [0.25, 0.3) is 0 Å². The number of alkyl carbamates (subject to hydrolysis) is 1. The smallest absolute Gasteiger partial charge is 0.408 e. The van der Waals surface area contributed by atoms with Gasteiger partial charge in [0.2, 0.25) is 5.91 Å². The van der Waals surface area contributed by atoms with Gasteiger partial charge in [-0.3, -0.25) is 4.79 Å². The van der Waals surface area contributed by atoms with Crippen LogP contribution in [-0.4, -0.2) is 46.7 Å². The van der Waals surface area contributed by atoms with E-state index in [1.54, 1.807) is 26.8 Å². The van der Waals surface area contributed by atoms with Crippen molar-refractivity contribution in [2.45, 2.75) is 78.4 Å².